The zero-order chi connectivity index (χ0) is 24.9. The van der Waals surface area contributed by atoms with E-state index in [0.29, 0.717) is 30.0 Å². The number of hydrogen-bond donors (Lipinski definition) is 1. The molecule has 2 aliphatic heterocycles. The lowest BCUT2D eigenvalue weighted by atomic mass is 9.64. The highest BCUT2D eigenvalue weighted by Crippen LogP contribution is 2.55. The number of rotatable bonds is 5. The molecular weight excluding hydrogens is 436 g/mol. The van der Waals surface area contributed by atoms with Crippen LogP contribution in [0.5, 0.6) is 5.75 Å². The number of carbonyl (C=O) groups is 2. The summed E-state index contributed by atoms with van der Waals surface area (Å²) < 4.78 is 12.4. The summed E-state index contributed by atoms with van der Waals surface area (Å²) in [7, 11) is 5.03. The van der Waals surface area contributed by atoms with Crippen LogP contribution in [-0.2, 0) is 26.3 Å². The van der Waals surface area contributed by atoms with Crippen molar-refractivity contribution in [3.05, 3.63) is 57.5 Å². The molecule has 0 aliphatic carbocycles. The largest absolute Gasteiger partial charge is 0.468 e. The molecule has 0 fully saturated rings. The molecule has 1 aromatic heterocycles. The number of aromatic nitrogens is 1. The number of para-hydroxylation sites is 1. The Bertz CT molecular complexity index is 1250. The monoisotopic (exact) mass is 466 g/mol. The van der Waals surface area contributed by atoms with Gasteiger partial charge in [-0.3, -0.25) is 19.8 Å². The van der Waals surface area contributed by atoms with Gasteiger partial charge in [0.25, 0.3) is 5.56 Å². The number of hydrogen-bond acceptors (Lipinski definition) is 7. The Morgan fingerprint density at radius 3 is 2.56 bits per heavy atom. The van der Waals surface area contributed by atoms with Crippen LogP contribution in [0.1, 0.15) is 30.7 Å². The van der Waals surface area contributed by atoms with E-state index in [1.165, 1.54) is 7.11 Å². The van der Waals surface area contributed by atoms with Crippen molar-refractivity contribution in [1.82, 2.24) is 9.47 Å². The highest BCUT2D eigenvalue weighted by Gasteiger charge is 2.66. The summed E-state index contributed by atoms with van der Waals surface area (Å²) in [4.78, 5) is 45.1. The molecular formula is C25H30N4O5. The van der Waals surface area contributed by atoms with Crippen LogP contribution < -0.4 is 15.2 Å². The third kappa shape index (κ3) is 3.18. The second-order valence-electron chi connectivity index (χ2n) is 9.30. The second kappa shape index (κ2) is 8.39. The minimum atomic E-state index is -1.76. The van der Waals surface area contributed by atoms with Gasteiger partial charge in [0.15, 0.2) is 5.92 Å². The lowest BCUT2D eigenvalue weighted by molar-refractivity contribution is -0.147. The number of carbonyl (C=O) groups excluding carboxylic acids is 2. The molecule has 0 bridgehead atoms. The van der Waals surface area contributed by atoms with Gasteiger partial charge in [-0.05, 0) is 46.5 Å². The van der Waals surface area contributed by atoms with Crippen LogP contribution in [0.25, 0.3) is 0 Å². The molecule has 34 heavy (non-hydrogen) atoms. The molecule has 2 aromatic rings. The Morgan fingerprint density at radius 2 is 1.94 bits per heavy atom. The number of amides is 1. The number of fused-ring (bicyclic) bond motifs is 4. The molecule has 1 aromatic carbocycles. The standard InChI is InChI=1S/C25H30N4O5/c1-14(2)29-17-10-8-7-9-16(17)25(24(29)32)19-18(34-21(26)20(25)23(31)33-6)13-15(3)28(22(19)30)12-11-27(4)5/h7-10,13-14,20,26H,11-12H2,1-6H3. The molecule has 1 N–H and O–H groups in total. The minimum Gasteiger partial charge on any atom is -0.468 e. The average Bonchev–Trinajstić information content (AvgIpc) is 3.01. The Balaban J connectivity index is 2.14. The van der Waals surface area contributed by atoms with Crippen LogP contribution in [0.4, 0.5) is 5.69 Å². The van der Waals surface area contributed by atoms with E-state index in [0.717, 1.165) is 0 Å². The Morgan fingerprint density at radius 1 is 1.26 bits per heavy atom. The first kappa shape index (κ1) is 23.7. The first-order valence-electron chi connectivity index (χ1n) is 11.2. The summed E-state index contributed by atoms with van der Waals surface area (Å²) in [5, 5.41) is 8.63. The quantitative estimate of drug-likeness (QED) is 0.675. The highest BCUT2D eigenvalue weighted by atomic mass is 16.5. The Labute approximate surface area is 198 Å². The van der Waals surface area contributed by atoms with Crippen LogP contribution in [0.2, 0.25) is 0 Å². The van der Waals surface area contributed by atoms with Gasteiger partial charge in [-0.25, -0.2) is 0 Å². The zero-order valence-corrected chi connectivity index (χ0v) is 20.3. The number of likely N-dealkylation sites (N-methyl/N-ethyl adjacent to an activating group) is 1. The lowest BCUT2D eigenvalue weighted by Crippen LogP contribution is -2.59. The summed E-state index contributed by atoms with van der Waals surface area (Å²) in [6.45, 7) is 6.53. The van der Waals surface area contributed by atoms with Crippen molar-refractivity contribution in [3.8, 4) is 5.75 Å². The molecule has 3 heterocycles. The first-order valence-corrected chi connectivity index (χ1v) is 11.2. The molecule has 0 saturated carbocycles. The van der Waals surface area contributed by atoms with Gasteiger partial charge in [0.2, 0.25) is 11.8 Å². The highest BCUT2D eigenvalue weighted by molar-refractivity contribution is 6.18. The predicted molar refractivity (Wildman–Crippen MR) is 128 cm³/mol. The Kier molecular flexibility index (Phi) is 5.85. The number of esters is 1. The predicted octanol–water partition coefficient (Wildman–Crippen LogP) is 1.92. The van der Waals surface area contributed by atoms with Gasteiger partial charge in [0, 0.05) is 36.6 Å². The van der Waals surface area contributed by atoms with E-state index < -0.39 is 34.7 Å². The van der Waals surface area contributed by atoms with E-state index in [4.69, 9.17) is 14.9 Å². The van der Waals surface area contributed by atoms with E-state index in [1.54, 1.807) is 40.7 Å². The fourth-order valence-electron chi connectivity index (χ4n) is 5.15. The van der Waals surface area contributed by atoms with Gasteiger partial charge in [-0.15, -0.1) is 0 Å². The number of nitrogens with one attached hydrogen (secondary N) is 1. The molecule has 180 valence electrons. The summed E-state index contributed by atoms with van der Waals surface area (Å²) in [5.41, 5.74) is -0.348. The van der Waals surface area contributed by atoms with Crippen molar-refractivity contribution in [2.24, 2.45) is 5.92 Å². The third-order valence-corrected chi connectivity index (χ3v) is 6.65. The maximum Gasteiger partial charge on any atom is 0.319 e. The molecule has 1 spiro atoms. The zero-order valence-electron chi connectivity index (χ0n) is 20.3. The maximum atomic E-state index is 14.3. The maximum absolute atomic E-state index is 14.3. The molecule has 4 rings (SSSR count). The van der Waals surface area contributed by atoms with Crippen LogP contribution in [0.15, 0.2) is 35.1 Å². The van der Waals surface area contributed by atoms with Crippen molar-refractivity contribution in [3.63, 3.8) is 0 Å². The van der Waals surface area contributed by atoms with Crippen molar-refractivity contribution in [2.75, 3.05) is 32.6 Å². The lowest BCUT2D eigenvalue weighted by Gasteiger charge is -2.40. The van der Waals surface area contributed by atoms with Crippen molar-refractivity contribution < 1.29 is 19.1 Å². The van der Waals surface area contributed by atoms with E-state index in [1.807, 2.05) is 38.9 Å². The summed E-state index contributed by atoms with van der Waals surface area (Å²) in [5.74, 6) is -2.96. The van der Waals surface area contributed by atoms with Gasteiger partial charge in [-0.2, -0.15) is 0 Å². The fourth-order valence-corrected chi connectivity index (χ4v) is 5.15. The molecule has 2 unspecified atom stereocenters. The molecule has 2 aliphatic rings. The van der Waals surface area contributed by atoms with Gasteiger partial charge in [-0.1, -0.05) is 18.2 Å². The van der Waals surface area contributed by atoms with Crippen molar-refractivity contribution in [1.29, 1.82) is 5.41 Å². The molecule has 9 heteroatoms. The van der Waals surface area contributed by atoms with Crippen molar-refractivity contribution >= 4 is 23.5 Å². The SMILES string of the molecule is COC(=O)C1C(=N)Oc2cc(C)n(CCN(C)C)c(=O)c2C12C(=O)N(C(C)C)c1ccccc12. The third-order valence-electron chi connectivity index (χ3n) is 6.65. The smallest absolute Gasteiger partial charge is 0.319 e. The fraction of sp³-hybridized carbons (Fsp3) is 0.440. The number of anilines is 1. The van der Waals surface area contributed by atoms with E-state index in [9.17, 15) is 14.4 Å². The minimum absolute atomic E-state index is 0.0730. The number of pyridine rings is 1. The normalized spacial score (nSPS) is 21.2. The second-order valence-corrected chi connectivity index (χ2v) is 9.30. The summed E-state index contributed by atoms with van der Waals surface area (Å²) in [6.07, 6.45) is 0. The molecule has 0 radical (unpaired) electrons. The molecule has 1 amide bonds. The molecule has 0 saturated heterocycles. The van der Waals surface area contributed by atoms with Crippen LogP contribution >= 0.6 is 0 Å². The molecule has 2 atom stereocenters. The number of ether oxygens (including phenoxy) is 2. The number of aryl methyl sites for hydroxylation is 1. The number of benzene rings is 1. The van der Waals surface area contributed by atoms with Crippen LogP contribution in [0.3, 0.4) is 0 Å². The van der Waals surface area contributed by atoms with Crippen LogP contribution in [-0.4, -0.2) is 61.0 Å². The van der Waals surface area contributed by atoms with E-state index >= 15 is 0 Å². The first-order chi connectivity index (χ1) is 16.1. The van der Waals surface area contributed by atoms with E-state index in [2.05, 4.69) is 0 Å². The summed E-state index contributed by atoms with van der Waals surface area (Å²) in [6, 6.07) is 8.55. The topological polar surface area (TPSA) is 105 Å². The number of methoxy groups -OCH3 is 1. The summed E-state index contributed by atoms with van der Waals surface area (Å²) >= 11 is 0. The van der Waals surface area contributed by atoms with Crippen molar-refractivity contribution in [2.45, 2.75) is 38.8 Å². The number of nitrogens with zero attached hydrogens (tertiary/aromatic N) is 3. The average molecular weight is 467 g/mol. The van der Waals surface area contributed by atoms with Gasteiger partial charge in [0.05, 0.1) is 12.7 Å². The van der Waals surface area contributed by atoms with Crippen LogP contribution in [0, 0.1) is 18.3 Å². The Hall–Kier alpha value is -3.46. The molecule has 9 nitrogen and oxygen atoms in total. The van der Waals surface area contributed by atoms with Gasteiger partial charge < -0.3 is 23.8 Å². The van der Waals surface area contributed by atoms with E-state index in [-0.39, 0.29) is 17.4 Å². The van der Waals surface area contributed by atoms with Gasteiger partial charge >= 0.3 is 5.97 Å². The van der Waals surface area contributed by atoms with Gasteiger partial charge in [0.1, 0.15) is 11.2 Å².